The van der Waals surface area contributed by atoms with Gasteiger partial charge in [0.05, 0.1) is 5.56 Å². The molecule has 0 aromatic heterocycles. The van der Waals surface area contributed by atoms with Crippen molar-refractivity contribution in [3.63, 3.8) is 0 Å². The first-order valence-corrected chi connectivity index (χ1v) is 10.4. The molecule has 0 N–H and O–H groups in total. The highest BCUT2D eigenvalue weighted by atomic mass is 16.5. The van der Waals surface area contributed by atoms with Crippen LogP contribution in [0.2, 0.25) is 0 Å². The number of carbonyl (C=O) groups excluding carboxylic acids is 2. The number of hydrogen-bond acceptors (Lipinski definition) is 5. The molecule has 0 fully saturated rings. The summed E-state index contributed by atoms with van der Waals surface area (Å²) in [7, 11) is 0. The van der Waals surface area contributed by atoms with E-state index in [1.54, 1.807) is 24.3 Å². The predicted octanol–water partition coefficient (Wildman–Crippen LogP) is 5.88. The minimum Gasteiger partial charge on any atom is -0.489 e. The van der Waals surface area contributed by atoms with E-state index in [9.17, 15) is 9.59 Å². The van der Waals surface area contributed by atoms with Gasteiger partial charge in [-0.1, -0.05) is 78.9 Å². The molecule has 5 heteroatoms. The molecule has 0 saturated carbocycles. The minimum atomic E-state index is 0.289. The van der Waals surface area contributed by atoms with Crippen LogP contribution in [0.25, 0.3) is 0 Å². The third-order valence-corrected chi connectivity index (χ3v) is 4.52. The van der Waals surface area contributed by atoms with Crippen LogP contribution in [0.5, 0.6) is 17.2 Å². The fourth-order valence-corrected chi connectivity index (χ4v) is 2.87. The van der Waals surface area contributed by atoms with Crippen molar-refractivity contribution in [1.82, 2.24) is 0 Å². The Balaban J connectivity index is 0.000000235. The average molecular weight is 440 g/mol. The van der Waals surface area contributed by atoms with E-state index in [1.165, 1.54) is 0 Å². The van der Waals surface area contributed by atoms with Crippen LogP contribution in [0.3, 0.4) is 0 Å². The van der Waals surface area contributed by atoms with E-state index in [0.717, 1.165) is 22.6 Å². The molecule has 0 radical (unpaired) electrons. The summed E-state index contributed by atoms with van der Waals surface area (Å²) in [5.41, 5.74) is 2.68. The standard InChI is InChI=1S/C20H18O2.C8H6O3/c1-3-8-17(9-4-1)15-21-19-12-7-13-20(14-19)22-16-18-10-5-2-6-11-18;9-5-7-3-1-2-4-8(7)11-6-10/h1-14H,15-16H2;1-6H. The van der Waals surface area contributed by atoms with Crippen LogP contribution in [-0.4, -0.2) is 12.8 Å². The zero-order valence-corrected chi connectivity index (χ0v) is 18.0. The SMILES string of the molecule is O=COc1ccccc1C=O.c1ccc(COc2cccc(OCc3ccccc3)c2)cc1. The highest BCUT2D eigenvalue weighted by Gasteiger charge is 2.00. The van der Waals surface area contributed by atoms with Gasteiger partial charge in [-0.25, -0.2) is 0 Å². The van der Waals surface area contributed by atoms with Crippen molar-refractivity contribution < 1.29 is 23.8 Å². The molecule has 0 heterocycles. The summed E-state index contributed by atoms with van der Waals surface area (Å²) in [6, 6.07) is 34.5. The van der Waals surface area contributed by atoms with Crippen LogP contribution < -0.4 is 14.2 Å². The van der Waals surface area contributed by atoms with Gasteiger partial charge in [0.2, 0.25) is 0 Å². The van der Waals surface area contributed by atoms with Crippen LogP contribution in [0.15, 0.2) is 109 Å². The van der Waals surface area contributed by atoms with Crippen LogP contribution in [0, 0.1) is 0 Å². The predicted molar refractivity (Wildman–Crippen MR) is 127 cm³/mol. The topological polar surface area (TPSA) is 61.8 Å². The first kappa shape index (κ1) is 23.3. The number of carbonyl (C=O) groups is 2. The van der Waals surface area contributed by atoms with E-state index < -0.39 is 0 Å². The number of hydrogen-bond donors (Lipinski definition) is 0. The molecule has 0 saturated heterocycles. The van der Waals surface area contributed by atoms with Crippen LogP contribution >= 0.6 is 0 Å². The molecule has 0 bridgehead atoms. The monoisotopic (exact) mass is 440 g/mol. The number of ether oxygens (including phenoxy) is 3. The van der Waals surface area contributed by atoms with Gasteiger partial charge in [-0.3, -0.25) is 9.59 Å². The molecule has 0 aliphatic rings. The highest BCUT2D eigenvalue weighted by Crippen LogP contribution is 2.21. The lowest BCUT2D eigenvalue weighted by atomic mass is 10.2. The number of rotatable bonds is 9. The largest absolute Gasteiger partial charge is 0.489 e. The fraction of sp³-hybridized carbons (Fsp3) is 0.0714. The van der Waals surface area contributed by atoms with Gasteiger partial charge in [-0.2, -0.15) is 0 Å². The molecule has 33 heavy (non-hydrogen) atoms. The Hall–Kier alpha value is -4.38. The normalized spacial score (nSPS) is 9.70. The van der Waals surface area contributed by atoms with Gasteiger partial charge in [0, 0.05) is 6.07 Å². The molecule has 4 aromatic rings. The smallest absolute Gasteiger partial charge is 0.298 e. The van der Waals surface area contributed by atoms with Gasteiger partial charge in [-0.15, -0.1) is 0 Å². The van der Waals surface area contributed by atoms with Crippen molar-refractivity contribution in [2.75, 3.05) is 0 Å². The van der Waals surface area contributed by atoms with Crippen molar-refractivity contribution in [2.45, 2.75) is 13.2 Å². The van der Waals surface area contributed by atoms with Crippen LogP contribution in [0.1, 0.15) is 21.5 Å². The Bertz CT molecular complexity index is 1070. The molecule has 0 aliphatic heterocycles. The molecule has 4 aromatic carbocycles. The molecular formula is C28H24O5. The number of benzene rings is 4. The Morgan fingerprint density at radius 2 is 1.09 bits per heavy atom. The third-order valence-electron chi connectivity index (χ3n) is 4.52. The lowest BCUT2D eigenvalue weighted by Gasteiger charge is -2.10. The van der Waals surface area contributed by atoms with Crippen molar-refractivity contribution >= 4 is 12.8 Å². The summed E-state index contributed by atoms with van der Waals surface area (Å²) in [5, 5.41) is 0. The maximum atomic E-state index is 10.3. The van der Waals surface area contributed by atoms with E-state index >= 15 is 0 Å². The molecule has 166 valence electrons. The van der Waals surface area contributed by atoms with Gasteiger partial charge in [0.1, 0.15) is 30.5 Å². The molecule has 4 rings (SSSR count). The van der Waals surface area contributed by atoms with Crippen molar-refractivity contribution in [3.8, 4) is 17.2 Å². The van der Waals surface area contributed by atoms with E-state index in [-0.39, 0.29) is 5.75 Å². The van der Waals surface area contributed by atoms with Gasteiger partial charge in [0.25, 0.3) is 6.47 Å². The second-order valence-electron chi connectivity index (χ2n) is 6.89. The second kappa shape index (κ2) is 13.1. The first-order chi connectivity index (χ1) is 16.3. The van der Waals surface area contributed by atoms with Gasteiger partial charge < -0.3 is 14.2 Å². The molecular weight excluding hydrogens is 416 g/mol. The van der Waals surface area contributed by atoms with Crippen molar-refractivity contribution in [2.24, 2.45) is 0 Å². The van der Waals surface area contributed by atoms with Crippen molar-refractivity contribution in [1.29, 1.82) is 0 Å². The zero-order valence-electron chi connectivity index (χ0n) is 18.0. The highest BCUT2D eigenvalue weighted by molar-refractivity contribution is 5.79. The Morgan fingerprint density at radius 3 is 1.61 bits per heavy atom. The maximum absolute atomic E-state index is 10.3. The third kappa shape index (κ3) is 7.99. The average Bonchev–Trinajstić information content (AvgIpc) is 2.89. The summed E-state index contributed by atoms with van der Waals surface area (Å²) in [4.78, 5) is 20.2. The van der Waals surface area contributed by atoms with Crippen LogP contribution in [0.4, 0.5) is 0 Å². The number of para-hydroxylation sites is 1. The quantitative estimate of drug-likeness (QED) is 0.304. The zero-order chi connectivity index (χ0) is 23.1. The Labute approximate surface area is 193 Å². The summed E-state index contributed by atoms with van der Waals surface area (Å²) >= 11 is 0. The maximum Gasteiger partial charge on any atom is 0.298 e. The van der Waals surface area contributed by atoms with Crippen molar-refractivity contribution in [3.05, 3.63) is 126 Å². The van der Waals surface area contributed by atoms with Gasteiger partial charge >= 0.3 is 0 Å². The Morgan fingerprint density at radius 1 is 0.576 bits per heavy atom. The fourth-order valence-electron chi connectivity index (χ4n) is 2.87. The summed E-state index contributed by atoms with van der Waals surface area (Å²) < 4.78 is 16.1. The lowest BCUT2D eigenvalue weighted by Crippen LogP contribution is -1.97. The second-order valence-corrected chi connectivity index (χ2v) is 6.89. The Kier molecular flexibility index (Phi) is 9.26. The van der Waals surface area contributed by atoms with E-state index in [0.29, 0.717) is 31.5 Å². The molecule has 0 unspecified atom stereocenters. The molecule has 5 nitrogen and oxygen atoms in total. The van der Waals surface area contributed by atoms with Gasteiger partial charge in [-0.05, 0) is 35.4 Å². The molecule has 0 aliphatic carbocycles. The molecule has 0 amide bonds. The molecule has 0 atom stereocenters. The molecule has 0 spiro atoms. The first-order valence-electron chi connectivity index (χ1n) is 10.4. The van der Waals surface area contributed by atoms with Crippen LogP contribution in [-0.2, 0) is 18.0 Å². The van der Waals surface area contributed by atoms with Gasteiger partial charge in [0.15, 0.2) is 6.29 Å². The minimum absolute atomic E-state index is 0.289. The summed E-state index contributed by atoms with van der Waals surface area (Å²) in [5.74, 6) is 1.92. The lowest BCUT2D eigenvalue weighted by molar-refractivity contribution is -0.120. The summed E-state index contributed by atoms with van der Waals surface area (Å²) in [6.07, 6.45) is 0.638. The summed E-state index contributed by atoms with van der Waals surface area (Å²) in [6.45, 7) is 1.41. The van der Waals surface area contributed by atoms with E-state index in [2.05, 4.69) is 29.0 Å². The number of aldehydes is 1. The van der Waals surface area contributed by atoms with E-state index in [1.807, 2.05) is 60.7 Å². The van der Waals surface area contributed by atoms with E-state index in [4.69, 9.17) is 9.47 Å².